The van der Waals surface area contributed by atoms with Gasteiger partial charge in [0, 0.05) is 0 Å². The van der Waals surface area contributed by atoms with Crippen LogP contribution in [0.3, 0.4) is 0 Å². The fourth-order valence-electron chi connectivity index (χ4n) is 2.25. The molecule has 94 valence electrons. The molecule has 1 aromatic carbocycles. The summed E-state index contributed by atoms with van der Waals surface area (Å²) in [6, 6.07) is 7.81. The van der Waals surface area contributed by atoms with Gasteiger partial charge in [0.05, 0.1) is 13.0 Å². The van der Waals surface area contributed by atoms with Crippen molar-refractivity contribution < 1.29 is 14.0 Å². The summed E-state index contributed by atoms with van der Waals surface area (Å²) in [5.41, 5.74) is 0. The van der Waals surface area contributed by atoms with Crippen LogP contribution in [0.1, 0.15) is 12.7 Å². The molecular weight excluding hydrogens is 228 g/mol. The number of para-hydroxylation sites is 2. The van der Waals surface area contributed by atoms with Gasteiger partial charge in [-0.05, 0) is 19.1 Å². The molecule has 0 radical (unpaired) electrons. The number of hydrogen-bond donors (Lipinski definition) is 1. The summed E-state index contributed by atoms with van der Waals surface area (Å²) in [4.78, 5) is 3.26. The van der Waals surface area contributed by atoms with Crippen molar-refractivity contribution in [1.82, 2.24) is 4.98 Å². The van der Waals surface area contributed by atoms with Gasteiger partial charge in [-0.15, -0.1) is 0 Å². The van der Waals surface area contributed by atoms with E-state index in [0.29, 0.717) is 6.61 Å². The lowest BCUT2D eigenvalue weighted by Gasteiger charge is -2.25. The number of hydrogen-bond acceptors (Lipinski definition) is 2. The summed E-state index contributed by atoms with van der Waals surface area (Å²) >= 11 is 0. The summed E-state index contributed by atoms with van der Waals surface area (Å²) in [6.45, 7) is 3.69. The maximum absolute atomic E-state index is 5.95. The number of ether oxygens (including phenoxy) is 2. The van der Waals surface area contributed by atoms with E-state index in [1.165, 1.54) is 5.82 Å². The zero-order chi connectivity index (χ0) is 12.4. The first-order valence-corrected chi connectivity index (χ1v) is 6.31. The Hall–Kier alpha value is -1.97. The van der Waals surface area contributed by atoms with Crippen molar-refractivity contribution in [1.29, 1.82) is 0 Å². The van der Waals surface area contributed by atoms with Crippen molar-refractivity contribution in [3.63, 3.8) is 0 Å². The number of aromatic amines is 1. The van der Waals surface area contributed by atoms with Gasteiger partial charge >= 0.3 is 0 Å². The van der Waals surface area contributed by atoms with Crippen molar-refractivity contribution in [2.45, 2.75) is 26.0 Å². The Morgan fingerprint density at radius 3 is 3.00 bits per heavy atom. The standard InChI is InChI=1S/C14H16N2O2/c1-2-16-8-7-15-14(16)9-11-10-17-12-5-3-4-6-13(12)18-11/h3-8,11H,2,9-10H2,1H3/p+1. The molecule has 18 heavy (non-hydrogen) atoms. The highest BCUT2D eigenvalue weighted by molar-refractivity contribution is 5.40. The van der Waals surface area contributed by atoms with E-state index < -0.39 is 0 Å². The second-order valence-corrected chi connectivity index (χ2v) is 4.39. The molecule has 0 spiro atoms. The van der Waals surface area contributed by atoms with Gasteiger partial charge in [0.15, 0.2) is 11.5 Å². The highest BCUT2D eigenvalue weighted by Gasteiger charge is 2.24. The van der Waals surface area contributed by atoms with Crippen LogP contribution in [0, 0.1) is 0 Å². The van der Waals surface area contributed by atoms with Crippen LogP contribution in [0.15, 0.2) is 36.7 Å². The zero-order valence-electron chi connectivity index (χ0n) is 10.4. The highest BCUT2D eigenvalue weighted by atomic mass is 16.6. The molecule has 0 bridgehead atoms. The fourth-order valence-corrected chi connectivity index (χ4v) is 2.25. The van der Waals surface area contributed by atoms with Gasteiger partial charge in [-0.1, -0.05) is 12.1 Å². The maximum Gasteiger partial charge on any atom is 0.258 e. The molecule has 1 N–H and O–H groups in total. The van der Waals surface area contributed by atoms with Crippen LogP contribution in [-0.2, 0) is 13.0 Å². The predicted octanol–water partition coefficient (Wildman–Crippen LogP) is 1.70. The molecule has 0 aliphatic carbocycles. The SMILES string of the molecule is CC[n+]1cc[nH]c1CC1COc2ccccc2O1. The van der Waals surface area contributed by atoms with Crippen LogP contribution in [0.5, 0.6) is 11.5 Å². The lowest BCUT2D eigenvalue weighted by molar-refractivity contribution is -0.699. The third kappa shape index (κ3) is 2.06. The first kappa shape index (κ1) is 11.1. The minimum atomic E-state index is 0.0661. The summed E-state index contributed by atoms with van der Waals surface area (Å²) in [5, 5.41) is 0. The number of aromatic nitrogens is 2. The van der Waals surface area contributed by atoms with Crippen LogP contribution >= 0.6 is 0 Å². The summed E-state index contributed by atoms with van der Waals surface area (Å²) in [6.07, 6.45) is 4.90. The Bertz CT molecular complexity index is 536. The molecule has 0 fully saturated rings. The molecule has 3 rings (SSSR count). The first-order valence-electron chi connectivity index (χ1n) is 6.31. The van der Waals surface area contributed by atoms with E-state index in [1.54, 1.807) is 0 Å². The second-order valence-electron chi connectivity index (χ2n) is 4.39. The molecule has 0 saturated heterocycles. The van der Waals surface area contributed by atoms with Gasteiger partial charge in [0.2, 0.25) is 0 Å². The normalized spacial score (nSPS) is 17.7. The van der Waals surface area contributed by atoms with Crippen molar-refractivity contribution in [3.05, 3.63) is 42.5 Å². The highest BCUT2D eigenvalue weighted by Crippen LogP contribution is 2.31. The number of benzene rings is 1. The number of fused-ring (bicyclic) bond motifs is 1. The second kappa shape index (κ2) is 4.72. The summed E-state index contributed by atoms with van der Waals surface area (Å²) in [5.74, 6) is 2.84. The minimum Gasteiger partial charge on any atom is -0.486 e. The lowest BCUT2D eigenvalue weighted by Crippen LogP contribution is -2.40. The Morgan fingerprint density at radius 2 is 2.17 bits per heavy atom. The molecule has 4 heteroatoms. The van der Waals surface area contributed by atoms with E-state index in [4.69, 9.17) is 9.47 Å². The lowest BCUT2D eigenvalue weighted by atomic mass is 10.2. The molecule has 1 aromatic heterocycles. The molecule has 1 aliphatic heterocycles. The van der Waals surface area contributed by atoms with Crippen molar-refractivity contribution in [3.8, 4) is 11.5 Å². The Morgan fingerprint density at radius 1 is 1.33 bits per heavy atom. The molecule has 1 atom stereocenters. The number of nitrogens with zero attached hydrogens (tertiary/aromatic N) is 1. The first-order chi connectivity index (χ1) is 8.86. The van der Waals surface area contributed by atoms with E-state index in [9.17, 15) is 0 Å². The fraction of sp³-hybridized carbons (Fsp3) is 0.357. The van der Waals surface area contributed by atoms with Crippen molar-refractivity contribution in [2.24, 2.45) is 0 Å². The third-order valence-corrected chi connectivity index (χ3v) is 3.18. The number of H-pyrrole nitrogens is 1. The molecule has 0 amide bonds. The summed E-state index contributed by atoms with van der Waals surface area (Å²) < 4.78 is 13.8. The molecule has 2 aromatic rings. The molecular formula is C14H17N2O2+. The van der Waals surface area contributed by atoms with Crippen molar-refractivity contribution >= 4 is 0 Å². The Kier molecular flexibility index (Phi) is 2.92. The van der Waals surface area contributed by atoms with Gasteiger partial charge in [-0.3, -0.25) is 0 Å². The van der Waals surface area contributed by atoms with Gasteiger partial charge in [0.1, 0.15) is 25.1 Å². The smallest absolute Gasteiger partial charge is 0.258 e. The third-order valence-electron chi connectivity index (χ3n) is 3.18. The number of nitrogens with one attached hydrogen (secondary N) is 1. The van der Waals surface area contributed by atoms with E-state index in [-0.39, 0.29) is 6.10 Å². The quantitative estimate of drug-likeness (QED) is 0.836. The molecule has 0 saturated carbocycles. The Balaban J connectivity index is 1.73. The number of rotatable bonds is 3. The number of imidazole rings is 1. The van der Waals surface area contributed by atoms with E-state index in [2.05, 4.69) is 16.5 Å². The maximum atomic E-state index is 5.95. The van der Waals surface area contributed by atoms with Gasteiger partial charge in [-0.2, -0.15) is 0 Å². The average molecular weight is 245 g/mol. The topological polar surface area (TPSA) is 38.1 Å². The minimum absolute atomic E-state index is 0.0661. The van der Waals surface area contributed by atoms with E-state index in [1.807, 2.05) is 36.7 Å². The van der Waals surface area contributed by atoms with Crippen LogP contribution in [0.25, 0.3) is 0 Å². The van der Waals surface area contributed by atoms with E-state index >= 15 is 0 Å². The number of aryl methyl sites for hydroxylation is 1. The predicted molar refractivity (Wildman–Crippen MR) is 66.7 cm³/mol. The largest absolute Gasteiger partial charge is 0.486 e. The molecule has 1 aliphatic rings. The molecule has 1 unspecified atom stereocenters. The van der Waals surface area contributed by atoms with Gasteiger partial charge < -0.3 is 9.47 Å². The monoisotopic (exact) mass is 245 g/mol. The molecule has 2 heterocycles. The zero-order valence-corrected chi connectivity index (χ0v) is 10.4. The summed E-state index contributed by atoms with van der Waals surface area (Å²) in [7, 11) is 0. The van der Waals surface area contributed by atoms with Crippen LogP contribution < -0.4 is 14.0 Å². The van der Waals surface area contributed by atoms with Crippen molar-refractivity contribution in [2.75, 3.05) is 6.61 Å². The molecule has 4 nitrogen and oxygen atoms in total. The van der Waals surface area contributed by atoms with E-state index in [0.717, 1.165) is 24.5 Å². The average Bonchev–Trinajstić information content (AvgIpc) is 2.86. The van der Waals surface area contributed by atoms with Crippen LogP contribution in [-0.4, -0.2) is 17.7 Å². The Labute approximate surface area is 106 Å². The van der Waals surface area contributed by atoms with Crippen LogP contribution in [0.4, 0.5) is 0 Å². The van der Waals surface area contributed by atoms with Gasteiger partial charge in [-0.25, -0.2) is 9.55 Å². The van der Waals surface area contributed by atoms with Crippen LogP contribution in [0.2, 0.25) is 0 Å². The van der Waals surface area contributed by atoms with Gasteiger partial charge in [0.25, 0.3) is 5.82 Å².